The molecule has 8 heteroatoms. The number of hydrogen-bond acceptors (Lipinski definition) is 5. The molecule has 0 unspecified atom stereocenters. The summed E-state index contributed by atoms with van der Waals surface area (Å²) in [6.07, 6.45) is 1.04. The molecule has 0 aliphatic heterocycles. The zero-order valence-corrected chi connectivity index (χ0v) is 11.5. The maximum atomic E-state index is 12.4. The van der Waals surface area contributed by atoms with Crippen LogP contribution in [-0.4, -0.2) is 28.3 Å². The van der Waals surface area contributed by atoms with Crippen LogP contribution >= 0.6 is 11.6 Å². The molecule has 0 fully saturated rings. The molecule has 1 heterocycles. The molecule has 2 rings (SSSR count). The van der Waals surface area contributed by atoms with Crippen molar-refractivity contribution in [2.24, 2.45) is 0 Å². The van der Waals surface area contributed by atoms with E-state index in [0.717, 1.165) is 11.8 Å². The first kappa shape index (κ1) is 15.4. The third-order valence-corrected chi connectivity index (χ3v) is 2.82. The number of nitrogens with one attached hydrogen (secondary N) is 1. The molecule has 0 saturated heterocycles. The molecule has 5 nitrogen and oxygen atoms in total. The molecule has 21 heavy (non-hydrogen) atoms. The topological polar surface area (TPSA) is 67.3 Å². The zero-order chi connectivity index (χ0) is 15.2. The average molecular weight is 316 g/mol. The van der Waals surface area contributed by atoms with Gasteiger partial charge in [0.25, 0.3) is 0 Å². The van der Waals surface area contributed by atoms with Crippen LogP contribution in [0.15, 0.2) is 36.5 Å². The fourth-order valence-corrected chi connectivity index (χ4v) is 1.85. The minimum atomic E-state index is -3.01. The molecule has 1 aromatic carbocycles. The molecule has 2 N–H and O–H groups in total. The Morgan fingerprint density at radius 2 is 2.00 bits per heavy atom. The van der Waals surface area contributed by atoms with Gasteiger partial charge in [0.1, 0.15) is 0 Å². The fraction of sp³-hybridized carbons (Fsp3) is 0.231. The second-order valence-corrected chi connectivity index (χ2v) is 4.36. The molecule has 112 valence electrons. The summed E-state index contributed by atoms with van der Waals surface area (Å²) in [6.45, 7) is -3.28. The molecule has 2 aromatic rings. The summed E-state index contributed by atoms with van der Waals surface area (Å²) < 4.78 is 29.0. The van der Waals surface area contributed by atoms with Crippen LogP contribution in [-0.2, 0) is 0 Å². The molecule has 0 saturated carbocycles. The van der Waals surface area contributed by atoms with E-state index >= 15 is 0 Å². The number of anilines is 1. The van der Waals surface area contributed by atoms with Crippen LogP contribution in [0.1, 0.15) is 11.6 Å². The molecule has 0 radical (unpaired) electrons. The second kappa shape index (κ2) is 7.14. The lowest BCUT2D eigenvalue weighted by atomic mass is 10.1. The van der Waals surface area contributed by atoms with Crippen molar-refractivity contribution in [2.75, 3.05) is 11.9 Å². The Morgan fingerprint density at radius 1 is 1.29 bits per heavy atom. The number of benzene rings is 1. The van der Waals surface area contributed by atoms with E-state index in [9.17, 15) is 13.9 Å². The number of ether oxygens (including phenoxy) is 1. The maximum absolute atomic E-state index is 12.4. The van der Waals surface area contributed by atoms with Crippen molar-refractivity contribution in [3.8, 4) is 5.75 Å². The van der Waals surface area contributed by atoms with Gasteiger partial charge in [-0.1, -0.05) is 30.3 Å². The Morgan fingerprint density at radius 3 is 2.62 bits per heavy atom. The molecule has 0 amide bonds. The van der Waals surface area contributed by atoms with Crippen LogP contribution in [0.5, 0.6) is 5.75 Å². The number of hydrogen-bond donors (Lipinski definition) is 2. The zero-order valence-electron chi connectivity index (χ0n) is 10.7. The van der Waals surface area contributed by atoms with E-state index in [1.165, 1.54) is 0 Å². The van der Waals surface area contributed by atoms with Gasteiger partial charge in [0.2, 0.25) is 5.28 Å². The number of nitrogens with zero attached hydrogens (tertiary/aromatic N) is 2. The summed E-state index contributed by atoms with van der Waals surface area (Å²) in [5.41, 5.74) is 0.762. The number of halogens is 3. The standard InChI is InChI=1S/C13H12ClF2N3O2/c14-12-17-6-10(21-13(15)16)11(19-12)18-9(7-20)8-4-2-1-3-5-8/h1-6,9,13,20H,7H2,(H,17,18,19)/t9-/m1/s1. The first-order chi connectivity index (χ1) is 10.1. The monoisotopic (exact) mass is 315 g/mol. The maximum Gasteiger partial charge on any atom is 0.387 e. The van der Waals surface area contributed by atoms with Crippen molar-refractivity contribution in [1.29, 1.82) is 0 Å². The Balaban J connectivity index is 2.26. The Bertz CT molecular complexity index is 587. The van der Waals surface area contributed by atoms with Crippen LogP contribution in [0.3, 0.4) is 0 Å². The van der Waals surface area contributed by atoms with Gasteiger partial charge in [-0.2, -0.15) is 13.8 Å². The van der Waals surface area contributed by atoms with Crippen molar-refractivity contribution in [1.82, 2.24) is 9.97 Å². The van der Waals surface area contributed by atoms with Crippen LogP contribution in [0.2, 0.25) is 5.28 Å². The predicted molar refractivity (Wildman–Crippen MR) is 73.6 cm³/mol. The van der Waals surface area contributed by atoms with Crippen LogP contribution in [0.25, 0.3) is 0 Å². The van der Waals surface area contributed by atoms with E-state index in [2.05, 4.69) is 20.0 Å². The van der Waals surface area contributed by atoms with E-state index in [0.29, 0.717) is 0 Å². The van der Waals surface area contributed by atoms with Crippen molar-refractivity contribution in [3.63, 3.8) is 0 Å². The van der Waals surface area contributed by atoms with E-state index in [-0.39, 0.29) is 23.5 Å². The first-order valence-electron chi connectivity index (χ1n) is 6.00. The first-order valence-corrected chi connectivity index (χ1v) is 6.37. The quantitative estimate of drug-likeness (QED) is 0.802. The largest absolute Gasteiger partial charge is 0.429 e. The number of alkyl halides is 2. The Hall–Kier alpha value is -1.99. The summed E-state index contributed by atoms with van der Waals surface area (Å²) in [7, 11) is 0. The summed E-state index contributed by atoms with van der Waals surface area (Å²) in [5.74, 6) is -0.262. The van der Waals surface area contributed by atoms with Gasteiger partial charge in [0.05, 0.1) is 18.8 Å². The summed E-state index contributed by atoms with van der Waals surface area (Å²) >= 11 is 5.66. The van der Waals surface area contributed by atoms with Gasteiger partial charge in [-0.3, -0.25) is 0 Å². The van der Waals surface area contributed by atoms with Gasteiger partial charge in [0.15, 0.2) is 11.6 Å². The number of aliphatic hydroxyl groups excluding tert-OH is 1. The van der Waals surface area contributed by atoms with Crippen LogP contribution in [0.4, 0.5) is 14.6 Å². The molecule has 1 atom stereocenters. The van der Waals surface area contributed by atoms with Crippen molar-refractivity contribution < 1.29 is 18.6 Å². The van der Waals surface area contributed by atoms with E-state index < -0.39 is 12.7 Å². The predicted octanol–water partition coefficient (Wildman–Crippen LogP) is 2.88. The van der Waals surface area contributed by atoms with Crippen LogP contribution in [0, 0.1) is 0 Å². The van der Waals surface area contributed by atoms with E-state index in [1.807, 2.05) is 6.07 Å². The van der Waals surface area contributed by atoms with Gasteiger partial charge < -0.3 is 15.2 Å². The molecule has 0 bridgehead atoms. The molecule has 0 spiro atoms. The Kier molecular flexibility index (Phi) is 5.24. The summed E-state index contributed by atoms with van der Waals surface area (Å²) in [6, 6.07) is 8.43. The van der Waals surface area contributed by atoms with E-state index in [1.54, 1.807) is 24.3 Å². The van der Waals surface area contributed by atoms with Gasteiger partial charge in [-0.05, 0) is 17.2 Å². The second-order valence-electron chi connectivity index (χ2n) is 4.02. The lowest BCUT2D eigenvalue weighted by molar-refractivity contribution is -0.0498. The number of aromatic nitrogens is 2. The summed E-state index contributed by atoms with van der Waals surface area (Å²) in [5, 5.41) is 12.1. The molecule has 0 aliphatic carbocycles. The van der Waals surface area contributed by atoms with Gasteiger partial charge in [0, 0.05) is 0 Å². The normalized spacial score (nSPS) is 12.2. The van der Waals surface area contributed by atoms with Crippen molar-refractivity contribution in [3.05, 3.63) is 47.4 Å². The highest BCUT2D eigenvalue weighted by atomic mass is 35.5. The SMILES string of the molecule is OC[C@@H](Nc1nc(Cl)ncc1OC(F)F)c1ccccc1. The van der Waals surface area contributed by atoms with Gasteiger partial charge >= 0.3 is 6.61 Å². The van der Waals surface area contributed by atoms with Crippen molar-refractivity contribution >= 4 is 17.4 Å². The highest BCUT2D eigenvalue weighted by Crippen LogP contribution is 2.28. The molecular formula is C13H12ClF2N3O2. The van der Waals surface area contributed by atoms with Gasteiger partial charge in [-0.15, -0.1) is 0 Å². The lowest BCUT2D eigenvalue weighted by Crippen LogP contribution is -2.17. The fourth-order valence-electron chi connectivity index (χ4n) is 1.72. The molecule has 0 aliphatic rings. The minimum Gasteiger partial charge on any atom is -0.429 e. The lowest BCUT2D eigenvalue weighted by Gasteiger charge is -2.19. The molecule has 1 aromatic heterocycles. The number of rotatable bonds is 6. The van der Waals surface area contributed by atoms with Crippen LogP contribution < -0.4 is 10.1 Å². The smallest absolute Gasteiger partial charge is 0.387 e. The minimum absolute atomic E-state index is 0.0156. The Labute approximate surface area is 124 Å². The third kappa shape index (κ3) is 4.24. The van der Waals surface area contributed by atoms with Gasteiger partial charge in [-0.25, -0.2) is 4.98 Å². The van der Waals surface area contributed by atoms with Crippen molar-refractivity contribution in [2.45, 2.75) is 12.7 Å². The highest BCUT2D eigenvalue weighted by molar-refractivity contribution is 6.28. The molecular weight excluding hydrogens is 304 g/mol. The highest BCUT2D eigenvalue weighted by Gasteiger charge is 2.17. The number of aliphatic hydroxyl groups is 1. The van der Waals surface area contributed by atoms with E-state index in [4.69, 9.17) is 11.6 Å². The third-order valence-electron chi connectivity index (χ3n) is 2.64. The summed E-state index contributed by atoms with van der Waals surface area (Å²) in [4.78, 5) is 7.41. The average Bonchev–Trinajstić information content (AvgIpc) is 2.48.